The van der Waals surface area contributed by atoms with Gasteiger partial charge in [0.15, 0.2) is 0 Å². The van der Waals surface area contributed by atoms with Crippen LogP contribution in [-0.4, -0.2) is 26.2 Å². The Kier molecular flexibility index (Phi) is 5.41. The first-order chi connectivity index (χ1) is 9.92. The van der Waals surface area contributed by atoms with E-state index in [0.717, 1.165) is 24.8 Å². The maximum atomic E-state index is 12.4. The molecule has 0 bridgehead atoms. The third-order valence-corrected chi connectivity index (χ3v) is 5.88. The van der Waals surface area contributed by atoms with E-state index in [0.29, 0.717) is 23.2 Å². The average molecular weight is 311 g/mol. The van der Waals surface area contributed by atoms with E-state index < -0.39 is 10.0 Å². The van der Waals surface area contributed by atoms with E-state index in [1.807, 2.05) is 0 Å². The van der Waals surface area contributed by atoms with Crippen molar-refractivity contribution in [1.82, 2.24) is 4.72 Å². The zero-order chi connectivity index (χ0) is 15.5. The summed E-state index contributed by atoms with van der Waals surface area (Å²) in [5.74, 6) is 1.05. The van der Waals surface area contributed by atoms with Crippen LogP contribution in [0.1, 0.15) is 38.7 Å². The molecule has 0 aromatic heterocycles. The predicted molar refractivity (Wildman–Crippen MR) is 83.5 cm³/mol. The van der Waals surface area contributed by atoms with E-state index in [1.165, 1.54) is 0 Å². The lowest BCUT2D eigenvalue weighted by Crippen LogP contribution is -2.42. The molecule has 0 saturated heterocycles. The number of benzene rings is 1. The Hall–Kier alpha value is -0.910. The van der Waals surface area contributed by atoms with Gasteiger partial charge in [-0.05, 0) is 55.2 Å². The molecule has 1 aliphatic rings. The molecule has 0 amide bonds. The topological polar surface area (TPSA) is 66.4 Å². The summed E-state index contributed by atoms with van der Waals surface area (Å²) in [5.41, 5.74) is 0.941. The molecule has 3 atom stereocenters. The van der Waals surface area contributed by atoms with Crippen molar-refractivity contribution in [1.29, 1.82) is 0 Å². The summed E-state index contributed by atoms with van der Waals surface area (Å²) in [6.45, 7) is 4.41. The van der Waals surface area contributed by atoms with Gasteiger partial charge in [0.1, 0.15) is 0 Å². The average Bonchev–Trinajstić information content (AvgIpc) is 2.43. The fourth-order valence-corrected chi connectivity index (χ4v) is 4.45. The Morgan fingerprint density at radius 1 is 1.19 bits per heavy atom. The Balaban J connectivity index is 2.07. The Morgan fingerprint density at radius 2 is 1.86 bits per heavy atom. The highest BCUT2D eigenvalue weighted by Crippen LogP contribution is 2.29. The first kappa shape index (κ1) is 16.5. The molecule has 1 aromatic rings. The Labute approximate surface area is 127 Å². The molecule has 4 nitrogen and oxygen atoms in total. The molecule has 5 heteroatoms. The highest BCUT2D eigenvalue weighted by atomic mass is 32.2. The Bertz CT molecular complexity index is 553. The molecule has 3 unspecified atom stereocenters. The van der Waals surface area contributed by atoms with Crippen LogP contribution in [0.5, 0.6) is 0 Å². The van der Waals surface area contributed by atoms with Crippen LogP contribution in [0.4, 0.5) is 0 Å². The summed E-state index contributed by atoms with van der Waals surface area (Å²) < 4.78 is 27.7. The van der Waals surface area contributed by atoms with E-state index in [2.05, 4.69) is 18.6 Å². The maximum Gasteiger partial charge on any atom is 0.240 e. The fraction of sp³-hybridized carbons (Fsp3) is 0.625. The third-order valence-electron chi connectivity index (χ3n) is 4.37. The summed E-state index contributed by atoms with van der Waals surface area (Å²) >= 11 is 0. The van der Waals surface area contributed by atoms with Crippen molar-refractivity contribution in [2.45, 2.75) is 50.5 Å². The number of rotatable bonds is 5. The van der Waals surface area contributed by atoms with Gasteiger partial charge in [-0.25, -0.2) is 13.1 Å². The first-order valence-electron chi connectivity index (χ1n) is 7.64. The van der Waals surface area contributed by atoms with Gasteiger partial charge in [-0.1, -0.05) is 26.0 Å². The highest BCUT2D eigenvalue weighted by Gasteiger charge is 2.29. The van der Waals surface area contributed by atoms with E-state index in [-0.39, 0.29) is 12.6 Å². The van der Waals surface area contributed by atoms with Gasteiger partial charge in [0.25, 0.3) is 0 Å². The van der Waals surface area contributed by atoms with Gasteiger partial charge in [0.05, 0.1) is 4.90 Å². The summed E-state index contributed by atoms with van der Waals surface area (Å²) in [4.78, 5) is 0.301. The number of hydrogen-bond acceptors (Lipinski definition) is 3. The van der Waals surface area contributed by atoms with Crippen molar-refractivity contribution >= 4 is 10.0 Å². The van der Waals surface area contributed by atoms with Crippen LogP contribution < -0.4 is 4.72 Å². The van der Waals surface area contributed by atoms with Gasteiger partial charge in [0, 0.05) is 12.6 Å². The van der Waals surface area contributed by atoms with Crippen molar-refractivity contribution < 1.29 is 13.5 Å². The summed E-state index contributed by atoms with van der Waals surface area (Å²) in [6, 6.07) is 6.78. The second-order valence-electron chi connectivity index (χ2n) is 6.24. The fourth-order valence-electron chi connectivity index (χ4n) is 3.07. The van der Waals surface area contributed by atoms with Crippen LogP contribution in [0.15, 0.2) is 29.2 Å². The van der Waals surface area contributed by atoms with E-state index >= 15 is 0 Å². The van der Waals surface area contributed by atoms with Gasteiger partial charge in [-0.3, -0.25) is 0 Å². The predicted octanol–water partition coefficient (Wildman–Crippen LogP) is 2.32. The smallest absolute Gasteiger partial charge is 0.240 e. The Morgan fingerprint density at radius 3 is 2.43 bits per heavy atom. The standard InChI is InChI=1S/C16H25NO3S/c1-12-3-8-16(13(2)11-12)17-21(19,20)15-6-4-14(5-7-15)9-10-18/h4-7,12-13,16-18H,3,8-11H2,1-2H3. The van der Waals surface area contributed by atoms with Crippen molar-refractivity contribution in [2.75, 3.05) is 6.61 Å². The quantitative estimate of drug-likeness (QED) is 0.877. The van der Waals surface area contributed by atoms with Crippen molar-refractivity contribution in [3.63, 3.8) is 0 Å². The second-order valence-corrected chi connectivity index (χ2v) is 7.95. The SMILES string of the molecule is CC1CCC(NS(=O)(=O)c2ccc(CCO)cc2)C(C)C1. The van der Waals surface area contributed by atoms with Crippen LogP contribution in [0.25, 0.3) is 0 Å². The van der Waals surface area contributed by atoms with Crippen molar-refractivity contribution in [2.24, 2.45) is 11.8 Å². The van der Waals surface area contributed by atoms with E-state index in [9.17, 15) is 8.42 Å². The number of nitrogens with one attached hydrogen (secondary N) is 1. The van der Waals surface area contributed by atoms with Crippen LogP contribution in [0.2, 0.25) is 0 Å². The minimum absolute atomic E-state index is 0.0309. The van der Waals surface area contributed by atoms with Gasteiger partial charge in [0.2, 0.25) is 10.0 Å². The molecule has 1 fully saturated rings. The molecule has 1 aliphatic carbocycles. The first-order valence-corrected chi connectivity index (χ1v) is 9.13. The maximum absolute atomic E-state index is 12.4. The molecule has 2 N–H and O–H groups in total. The van der Waals surface area contributed by atoms with Gasteiger partial charge < -0.3 is 5.11 Å². The van der Waals surface area contributed by atoms with Gasteiger partial charge in [-0.15, -0.1) is 0 Å². The molecule has 0 heterocycles. The van der Waals surface area contributed by atoms with Crippen LogP contribution in [0.3, 0.4) is 0 Å². The second kappa shape index (κ2) is 6.90. The summed E-state index contributed by atoms with van der Waals surface area (Å²) in [6.07, 6.45) is 3.60. The van der Waals surface area contributed by atoms with E-state index in [1.54, 1.807) is 24.3 Å². The number of aliphatic hydroxyl groups excluding tert-OH is 1. The largest absolute Gasteiger partial charge is 0.396 e. The van der Waals surface area contributed by atoms with Crippen LogP contribution >= 0.6 is 0 Å². The summed E-state index contributed by atoms with van der Waals surface area (Å²) in [7, 11) is -3.45. The lowest BCUT2D eigenvalue weighted by atomic mass is 9.80. The molecule has 0 aliphatic heterocycles. The lowest BCUT2D eigenvalue weighted by molar-refractivity contribution is 0.249. The number of hydrogen-bond donors (Lipinski definition) is 2. The molecule has 21 heavy (non-hydrogen) atoms. The van der Waals surface area contributed by atoms with Crippen molar-refractivity contribution in [3.8, 4) is 0 Å². The molecule has 118 valence electrons. The number of aliphatic hydroxyl groups is 1. The zero-order valence-electron chi connectivity index (χ0n) is 12.7. The molecular weight excluding hydrogens is 286 g/mol. The minimum atomic E-state index is -3.45. The number of sulfonamides is 1. The van der Waals surface area contributed by atoms with Crippen molar-refractivity contribution in [3.05, 3.63) is 29.8 Å². The third kappa shape index (κ3) is 4.28. The van der Waals surface area contributed by atoms with E-state index in [4.69, 9.17) is 5.11 Å². The van der Waals surface area contributed by atoms with Gasteiger partial charge in [-0.2, -0.15) is 0 Å². The molecule has 0 spiro atoms. The monoisotopic (exact) mass is 311 g/mol. The summed E-state index contributed by atoms with van der Waals surface area (Å²) in [5, 5.41) is 8.89. The molecule has 1 aromatic carbocycles. The highest BCUT2D eigenvalue weighted by molar-refractivity contribution is 7.89. The minimum Gasteiger partial charge on any atom is -0.396 e. The van der Waals surface area contributed by atoms with Gasteiger partial charge >= 0.3 is 0 Å². The lowest BCUT2D eigenvalue weighted by Gasteiger charge is -2.32. The van der Waals surface area contributed by atoms with Crippen LogP contribution in [0, 0.1) is 11.8 Å². The normalized spacial score (nSPS) is 26.7. The zero-order valence-corrected chi connectivity index (χ0v) is 13.6. The van der Waals surface area contributed by atoms with Crippen LogP contribution in [-0.2, 0) is 16.4 Å². The molecular formula is C16H25NO3S. The molecule has 0 radical (unpaired) electrons. The molecule has 2 rings (SSSR count). The molecule has 1 saturated carbocycles.